The van der Waals surface area contributed by atoms with Crippen molar-refractivity contribution in [3.63, 3.8) is 0 Å². The molecule has 0 radical (unpaired) electrons. The topological polar surface area (TPSA) is 92.8 Å². The van der Waals surface area contributed by atoms with Crippen molar-refractivity contribution in [1.82, 2.24) is 10.2 Å². The second-order valence-corrected chi connectivity index (χ2v) is 7.55. The Kier molecular flexibility index (Phi) is 6.36. The summed E-state index contributed by atoms with van der Waals surface area (Å²) in [4.78, 5) is 50.6. The average molecular weight is 374 g/mol. The molecule has 146 valence electrons. The molecular formula is C20H26N2O5. The smallest absolute Gasteiger partial charge is 0.328 e. The number of carbonyl (C=O) groups excluding carboxylic acids is 4. The Morgan fingerprint density at radius 2 is 1.67 bits per heavy atom. The summed E-state index contributed by atoms with van der Waals surface area (Å²) in [6.07, 6.45) is 0.433. The minimum Gasteiger partial charge on any atom is -0.467 e. The van der Waals surface area contributed by atoms with Crippen molar-refractivity contribution >= 4 is 23.7 Å². The van der Waals surface area contributed by atoms with Crippen LogP contribution in [0, 0.1) is 11.8 Å². The van der Waals surface area contributed by atoms with E-state index in [2.05, 4.69) is 5.32 Å². The molecule has 0 aliphatic carbocycles. The Morgan fingerprint density at radius 3 is 2.22 bits per heavy atom. The highest BCUT2D eigenvalue weighted by atomic mass is 16.5. The van der Waals surface area contributed by atoms with Gasteiger partial charge < -0.3 is 10.1 Å². The molecule has 3 amide bonds. The first-order valence-electron chi connectivity index (χ1n) is 9.04. The van der Waals surface area contributed by atoms with Crippen LogP contribution in [0.15, 0.2) is 18.2 Å². The third-order valence-corrected chi connectivity index (χ3v) is 4.28. The lowest BCUT2D eigenvalue weighted by molar-refractivity contribution is -0.143. The van der Waals surface area contributed by atoms with Crippen LogP contribution in [0.1, 0.15) is 65.2 Å². The van der Waals surface area contributed by atoms with E-state index in [9.17, 15) is 19.2 Å². The lowest BCUT2D eigenvalue weighted by Gasteiger charge is -2.18. The SMILES string of the molecule is COC(=O)[C@H](CC(C)C)NC(=O)c1ccc2c(c1)C(=O)N(CC(C)C)C2=O. The van der Waals surface area contributed by atoms with E-state index in [0.717, 1.165) is 0 Å². The zero-order chi connectivity index (χ0) is 20.3. The molecule has 1 aliphatic rings. The predicted octanol–water partition coefficient (Wildman–Crippen LogP) is 2.26. The van der Waals surface area contributed by atoms with Crippen LogP contribution in [0.4, 0.5) is 0 Å². The number of esters is 1. The molecule has 0 bridgehead atoms. The molecule has 2 rings (SSSR count). The van der Waals surface area contributed by atoms with Crippen LogP contribution in [0.5, 0.6) is 0 Å². The van der Waals surface area contributed by atoms with E-state index >= 15 is 0 Å². The fourth-order valence-corrected chi connectivity index (χ4v) is 3.03. The zero-order valence-electron chi connectivity index (χ0n) is 16.4. The molecule has 0 saturated heterocycles. The van der Waals surface area contributed by atoms with Gasteiger partial charge in [0.1, 0.15) is 6.04 Å². The van der Waals surface area contributed by atoms with E-state index in [1.54, 1.807) is 0 Å². The number of nitrogens with zero attached hydrogens (tertiary/aromatic N) is 1. The number of amides is 3. The summed E-state index contributed by atoms with van der Waals surface area (Å²) < 4.78 is 4.75. The number of hydrogen-bond acceptors (Lipinski definition) is 5. The normalized spacial score (nSPS) is 14.6. The highest BCUT2D eigenvalue weighted by Crippen LogP contribution is 2.25. The lowest BCUT2D eigenvalue weighted by Crippen LogP contribution is -2.42. The van der Waals surface area contributed by atoms with Gasteiger partial charge in [0.05, 0.1) is 18.2 Å². The Hall–Kier alpha value is -2.70. The van der Waals surface area contributed by atoms with E-state index in [1.807, 2.05) is 27.7 Å². The fraction of sp³-hybridized carbons (Fsp3) is 0.500. The van der Waals surface area contributed by atoms with Crippen LogP contribution in [0.2, 0.25) is 0 Å². The van der Waals surface area contributed by atoms with Gasteiger partial charge in [0, 0.05) is 12.1 Å². The quantitative estimate of drug-likeness (QED) is 0.584. The van der Waals surface area contributed by atoms with Crippen LogP contribution in [0.25, 0.3) is 0 Å². The molecule has 7 heteroatoms. The van der Waals surface area contributed by atoms with Gasteiger partial charge in [-0.3, -0.25) is 19.3 Å². The summed E-state index contributed by atoms with van der Waals surface area (Å²) in [5.41, 5.74) is 0.731. The number of rotatable bonds is 7. The van der Waals surface area contributed by atoms with Gasteiger partial charge in [-0.25, -0.2) is 4.79 Å². The Balaban J connectivity index is 2.23. The molecule has 0 saturated carbocycles. The number of carbonyl (C=O) groups is 4. The molecule has 7 nitrogen and oxygen atoms in total. The Bertz CT molecular complexity index is 770. The van der Waals surface area contributed by atoms with Gasteiger partial charge in [0.25, 0.3) is 17.7 Å². The van der Waals surface area contributed by atoms with Gasteiger partial charge in [-0.2, -0.15) is 0 Å². The fourth-order valence-electron chi connectivity index (χ4n) is 3.03. The van der Waals surface area contributed by atoms with Gasteiger partial charge in [-0.1, -0.05) is 27.7 Å². The number of methoxy groups -OCH3 is 1. The molecule has 1 aromatic carbocycles. The summed E-state index contributed by atoms with van der Waals surface area (Å²) in [5, 5.41) is 2.65. The van der Waals surface area contributed by atoms with Crippen LogP contribution in [-0.2, 0) is 9.53 Å². The predicted molar refractivity (Wildman–Crippen MR) is 99.4 cm³/mol. The summed E-state index contributed by atoms with van der Waals surface area (Å²) in [6, 6.07) is 3.61. The summed E-state index contributed by atoms with van der Waals surface area (Å²) in [6.45, 7) is 8.04. The molecule has 1 heterocycles. The van der Waals surface area contributed by atoms with E-state index in [4.69, 9.17) is 4.74 Å². The van der Waals surface area contributed by atoms with E-state index < -0.39 is 23.8 Å². The summed E-state index contributed by atoms with van der Waals surface area (Å²) in [7, 11) is 1.27. The van der Waals surface area contributed by atoms with Crippen LogP contribution < -0.4 is 5.32 Å². The van der Waals surface area contributed by atoms with Gasteiger partial charge in [-0.15, -0.1) is 0 Å². The number of ether oxygens (including phenoxy) is 1. The second kappa shape index (κ2) is 8.33. The van der Waals surface area contributed by atoms with E-state index in [1.165, 1.54) is 30.2 Å². The maximum atomic E-state index is 12.6. The maximum absolute atomic E-state index is 12.6. The monoisotopic (exact) mass is 374 g/mol. The molecule has 1 aliphatic heterocycles. The third-order valence-electron chi connectivity index (χ3n) is 4.28. The molecular weight excluding hydrogens is 348 g/mol. The highest BCUT2D eigenvalue weighted by Gasteiger charge is 2.36. The Labute approximate surface area is 159 Å². The van der Waals surface area contributed by atoms with Crippen LogP contribution >= 0.6 is 0 Å². The first-order chi connectivity index (χ1) is 12.6. The minimum atomic E-state index is -0.773. The summed E-state index contributed by atoms with van der Waals surface area (Å²) >= 11 is 0. The average Bonchev–Trinajstić information content (AvgIpc) is 2.84. The molecule has 0 fully saturated rings. The van der Waals surface area contributed by atoms with Crippen molar-refractivity contribution in [2.75, 3.05) is 13.7 Å². The maximum Gasteiger partial charge on any atom is 0.328 e. The number of imide groups is 1. The molecule has 0 spiro atoms. The van der Waals surface area contributed by atoms with Gasteiger partial charge in [-0.05, 0) is 36.5 Å². The number of fused-ring (bicyclic) bond motifs is 1. The van der Waals surface area contributed by atoms with Gasteiger partial charge in [0.2, 0.25) is 0 Å². The molecule has 1 N–H and O–H groups in total. The number of nitrogens with one attached hydrogen (secondary N) is 1. The minimum absolute atomic E-state index is 0.145. The van der Waals surface area contributed by atoms with E-state index in [0.29, 0.717) is 18.5 Å². The van der Waals surface area contributed by atoms with Crippen LogP contribution in [0.3, 0.4) is 0 Å². The number of benzene rings is 1. The van der Waals surface area contributed by atoms with Crippen molar-refractivity contribution < 1.29 is 23.9 Å². The molecule has 0 aromatic heterocycles. The van der Waals surface area contributed by atoms with Crippen molar-refractivity contribution in [3.8, 4) is 0 Å². The first kappa shape index (κ1) is 20.6. The first-order valence-corrected chi connectivity index (χ1v) is 9.04. The molecule has 27 heavy (non-hydrogen) atoms. The number of hydrogen-bond donors (Lipinski definition) is 1. The van der Waals surface area contributed by atoms with Crippen molar-refractivity contribution in [2.24, 2.45) is 11.8 Å². The zero-order valence-corrected chi connectivity index (χ0v) is 16.4. The van der Waals surface area contributed by atoms with Gasteiger partial charge in [0.15, 0.2) is 0 Å². The van der Waals surface area contributed by atoms with Gasteiger partial charge >= 0.3 is 5.97 Å². The van der Waals surface area contributed by atoms with Crippen molar-refractivity contribution in [2.45, 2.75) is 40.2 Å². The van der Waals surface area contributed by atoms with Crippen molar-refractivity contribution in [1.29, 1.82) is 0 Å². The Morgan fingerprint density at radius 1 is 1.04 bits per heavy atom. The second-order valence-electron chi connectivity index (χ2n) is 7.55. The third kappa shape index (κ3) is 4.53. The lowest BCUT2D eigenvalue weighted by atomic mass is 10.0. The molecule has 1 aromatic rings. The largest absolute Gasteiger partial charge is 0.467 e. The highest BCUT2D eigenvalue weighted by molar-refractivity contribution is 6.22. The van der Waals surface area contributed by atoms with Crippen LogP contribution in [-0.4, -0.2) is 48.3 Å². The molecule has 1 atom stereocenters. The summed E-state index contributed by atoms with van der Waals surface area (Å²) in [5.74, 6) is -1.43. The molecule has 0 unspecified atom stereocenters. The van der Waals surface area contributed by atoms with E-state index in [-0.39, 0.29) is 28.9 Å². The standard InChI is InChI=1S/C20H26N2O5/c1-11(2)8-16(20(26)27-5)21-17(23)13-6-7-14-15(9-13)19(25)22(18(14)24)10-12(3)4/h6-7,9,11-12,16H,8,10H2,1-5H3,(H,21,23)/t16-/m0/s1. The van der Waals surface area contributed by atoms with Crippen molar-refractivity contribution in [3.05, 3.63) is 34.9 Å².